The fraction of sp³-hybridized carbons (Fsp3) is 0.261. The highest BCUT2D eigenvalue weighted by Crippen LogP contribution is 2.32. The van der Waals surface area contributed by atoms with Crippen molar-refractivity contribution in [1.82, 2.24) is 4.98 Å². The first-order valence-corrected chi connectivity index (χ1v) is 8.93. The Bertz CT molecular complexity index is 781. The molecule has 0 radical (unpaired) electrons. The second-order valence-corrected chi connectivity index (χ2v) is 7.17. The molecule has 3 rings (SSSR count). The van der Waals surface area contributed by atoms with E-state index in [-0.39, 0.29) is 5.92 Å². The maximum absolute atomic E-state index is 4.73. The highest BCUT2D eigenvalue weighted by atomic mass is 15.1. The predicted molar refractivity (Wildman–Crippen MR) is 111 cm³/mol. The van der Waals surface area contributed by atoms with E-state index in [0.29, 0.717) is 0 Å². The number of rotatable bonds is 5. The van der Waals surface area contributed by atoms with Crippen molar-refractivity contribution in [2.45, 2.75) is 12.8 Å². The summed E-state index contributed by atoms with van der Waals surface area (Å²) in [6, 6.07) is 21.8. The number of nitrogens with zero attached hydrogens (tertiary/aromatic N) is 3. The van der Waals surface area contributed by atoms with E-state index in [4.69, 9.17) is 4.98 Å². The molecule has 0 spiro atoms. The average molecular weight is 345 g/mol. The zero-order chi connectivity index (χ0) is 18.7. The van der Waals surface area contributed by atoms with Crippen LogP contribution in [0.4, 0.5) is 11.4 Å². The summed E-state index contributed by atoms with van der Waals surface area (Å²) in [5.74, 6) is 0.128. The molecule has 3 heteroatoms. The van der Waals surface area contributed by atoms with E-state index in [1.807, 2.05) is 6.20 Å². The largest absolute Gasteiger partial charge is 0.378 e. The van der Waals surface area contributed by atoms with E-state index < -0.39 is 0 Å². The molecule has 3 aromatic rings. The molecule has 0 saturated heterocycles. The molecule has 134 valence electrons. The predicted octanol–water partition coefficient (Wildman–Crippen LogP) is 4.70. The molecule has 0 N–H and O–H groups in total. The molecule has 0 aliphatic heterocycles. The number of anilines is 2. The summed E-state index contributed by atoms with van der Waals surface area (Å²) >= 11 is 0. The van der Waals surface area contributed by atoms with Crippen molar-refractivity contribution in [3.63, 3.8) is 0 Å². The van der Waals surface area contributed by atoms with Crippen LogP contribution in [0.25, 0.3) is 0 Å². The van der Waals surface area contributed by atoms with Gasteiger partial charge in [-0.05, 0) is 53.9 Å². The number of benzene rings is 2. The molecule has 0 bridgehead atoms. The van der Waals surface area contributed by atoms with Gasteiger partial charge in [-0.25, -0.2) is 0 Å². The van der Waals surface area contributed by atoms with Gasteiger partial charge in [0.15, 0.2) is 0 Å². The fourth-order valence-corrected chi connectivity index (χ4v) is 3.11. The van der Waals surface area contributed by atoms with Crippen LogP contribution in [0.15, 0.2) is 66.9 Å². The molecule has 0 unspecified atom stereocenters. The van der Waals surface area contributed by atoms with Crippen molar-refractivity contribution in [1.29, 1.82) is 0 Å². The van der Waals surface area contributed by atoms with Crippen LogP contribution >= 0.6 is 0 Å². The second kappa shape index (κ2) is 7.61. The number of hydrogen-bond donors (Lipinski definition) is 0. The molecule has 0 aliphatic carbocycles. The van der Waals surface area contributed by atoms with Crippen LogP contribution in [0.2, 0.25) is 0 Å². The lowest BCUT2D eigenvalue weighted by Gasteiger charge is -2.21. The minimum absolute atomic E-state index is 0.128. The maximum Gasteiger partial charge on any atom is 0.0522 e. The Morgan fingerprint density at radius 2 is 1.12 bits per heavy atom. The monoisotopic (exact) mass is 345 g/mol. The van der Waals surface area contributed by atoms with Crippen LogP contribution in [-0.2, 0) is 0 Å². The summed E-state index contributed by atoms with van der Waals surface area (Å²) in [5.41, 5.74) is 7.16. The lowest BCUT2D eigenvalue weighted by molar-refractivity contribution is 0.913. The third-order valence-electron chi connectivity index (χ3n) is 4.72. The van der Waals surface area contributed by atoms with Gasteiger partial charge in [-0.1, -0.05) is 30.3 Å². The van der Waals surface area contributed by atoms with E-state index in [2.05, 4.69) is 106 Å². The van der Waals surface area contributed by atoms with Crippen molar-refractivity contribution >= 4 is 11.4 Å². The minimum Gasteiger partial charge on any atom is -0.378 e. The third-order valence-corrected chi connectivity index (χ3v) is 4.72. The first-order valence-electron chi connectivity index (χ1n) is 8.93. The van der Waals surface area contributed by atoms with Gasteiger partial charge in [0.05, 0.1) is 11.6 Å². The summed E-state index contributed by atoms with van der Waals surface area (Å²) < 4.78 is 0. The molecule has 0 aliphatic rings. The van der Waals surface area contributed by atoms with Crippen molar-refractivity contribution in [2.75, 3.05) is 38.0 Å². The highest BCUT2D eigenvalue weighted by Gasteiger charge is 2.18. The van der Waals surface area contributed by atoms with Gasteiger partial charge in [-0.15, -0.1) is 0 Å². The lowest BCUT2D eigenvalue weighted by atomic mass is 9.87. The molecule has 2 aromatic carbocycles. The summed E-state index contributed by atoms with van der Waals surface area (Å²) in [6.45, 7) is 2.07. The Balaban J connectivity index is 2.05. The first kappa shape index (κ1) is 18.0. The van der Waals surface area contributed by atoms with E-state index in [0.717, 1.165) is 5.69 Å². The Morgan fingerprint density at radius 1 is 0.654 bits per heavy atom. The van der Waals surface area contributed by atoms with Gasteiger partial charge in [-0.3, -0.25) is 4.98 Å². The van der Waals surface area contributed by atoms with Gasteiger partial charge in [0, 0.05) is 45.8 Å². The number of aromatic nitrogens is 1. The Hall–Kier alpha value is -2.81. The quantitative estimate of drug-likeness (QED) is 0.668. The summed E-state index contributed by atoms with van der Waals surface area (Å²) in [6.07, 6.45) is 1.95. The minimum atomic E-state index is 0.128. The van der Waals surface area contributed by atoms with E-state index in [1.165, 1.54) is 28.1 Å². The van der Waals surface area contributed by atoms with Gasteiger partial charge < -0.3 is 9.80 Å². The summed E-state index contributed by atoms with van der Waals surface area (Å²) in [5, 5.41) is 0. The Kier molecular flexibility index (Phi) is 5.27. The lowest BCUT2D eigenvalue weighted by Crippen LogP contribution is -2.11. The van der Waals surface area contributed by atoms with E-state index in [1.54, 1.807) is 0 Å². The topological polar surface area (TPSA) is 19.4 Å². The van der Waals surface area contributed by atoms with Crippen molar-refractivity contribution in [3.8, 4) is 0 Å². The van der Waals surface area contributed by atoms with Crippen molar-refractivity contribution in [3.05, 3.63) is 89.2 Å². The molecule has 1 aromatic heterocycles. The summed E-state index contributed by atoms with van der Waals surface area (Å²) in [7, 11) is 8.25. The molecule has 1 heterocycles. The van der Waals surface area contributed by atoms with E-state index in [9.17, 15) is 0 Å². The summed E-state index contributed by atoms with van der Waals surface area (Å²) in [4.78, 5) is 8.97. The van der Waals surface area contributed by atoms with Gasteiger partial charge in [0.25, 0.3) is 0 Å². The normalized spacial score (nSPS) is 10.8. The number of pyridine rings is 1. The first-order chi connectivity index (χ1) is 12.5. The van der Waals surface area contributed by atoms with Gasteiger partial charge in [0.1, 0.15) is 0 Å². The molecule has 26 heavy (non-hydrogen) atoms. The number of hydrogen-bond acceptors (Lipinski definition) is 3. The third kappa shape index (κ3) is 3.88. The van der Waals surface area contributed by atoms with Crippen LogP contribution in [-0.4, -0.2) is 33.2 Å². The molecular formula is C23H27N3. The Labute approximate surface area is 156 Å². The zero-order valence-corrected chi connectivity index (χ0v) is 16.3. The standard InChI is InChI=1S/C23H27N3/c1-17-6-15-22(24-16-17)23(18-7-11-20(12-8-18)25(2)3)19-9-13-21(14-10-19)26(4)5/h6-16,23H,1-5H3. The van der Waals surface area contributed by atoms with Crippen LogP contribution in [0, 0.1) is 6.92 Å². The molecular weight excluding hydrogens is 318 g/mol. The van der Waals surface area contributed by atoms with Crippen LogP contribution in [0.1, 0.15) is 28.3 Å². The highest BCUT2D eigenvalue weighted by molar-refractivity contribution is 5.52. The second-order valence-electron chi connectivity index (χ2n) is 7.17. The molecule has 0 saturated carbocycles. The van der Waals surface area contributed by atoms with Crippen molar-refractivity contribution in [2.24, 2.45) is 0 Å². The molecule has 3 nitrogen and oxygen atoms in total. The van der Waals surface area contributed by atoms with Crippen LogP contribution in [0.5, 0.6) is 0 Å². The molecule has 0 amide bonds. The van der Waals surface area contributed by atoms with Gasteiger partial charge in [0.2, 0.25) is 0 Å². The number of aryl methyl sites for hydroxylation is 1. The molecule has 0 fully saturated rings. The van der Waals surface area contributed by atoms with Crippen LogP contribution < -0.4 is 9.80 Å². The van der Waals surface area contributed by atoms with E-state index >= 15 is 0 Å². The Morgan fingerprint density at radius 3 is 1.46 bits per heavy atom. The van der Waals surface area contributed by atoms with Crippen molar-refractivity contribution < 1.29 is 0 Å². The van der Waals surface area contributed by atoms with Crippen LogP contribution in [0.3, 0.4) is 0 Å². The van der Waals surface area contributed by atoms with Gasteiger partial charge >= 0.3 is 0 Å². The molecule has 0 atom stereocenters. The SMILES string of the molecule is Cc1ccc(C(c2ccc(N(C)C)cc2)c2ccc(N(C)C)cc2)nc1. The van der Waals surface area contributed by atoms with Gasteiger partial charge in [-0.2, -0.15) is 0 Å². The fourth-order valence-electron chi connectivity index (χ4n) is 3.11. The smallest absolute Gasteiger partial charge is 0.0522 e. The maximum atomic E-state index is 4.73. The zero-order valence-electron chi connectivity index (χ0n) is 16.3. The average Bonchev–Trinajstić information content (AvgIpc) is 2.64.